The van der Waals surface area contributed by atoms with Crippen molar-refractivity contribution >= 4 is 0 Å². The van der Waals surface area contributed by atoms with Gasteiger partial charge in [-0.05, 0) is 37.9 Å². The molecule has 1 fully saturated rings. The zero-order valence-electron chi connectivity index (χ0n) is 12.7. The second-order valence-corrected chi connectivity index (χ2v) is 5.92. The maximum Gasteiger partial charge on any atom is 0.0817 e. The Morgan fingerprint density at radius 3 is 2.48 bits per heavy atom. The summed E-state index contributed by atoms with van der Waals surface area (Å²) in [5.41, 5.74) is 2.26. The van der Waals surface area contributed by atoms with E-state index in [-0.39, 0.29) is 0 Å². The molecular formula is C17H24N4. The topological polar surface area (TPSA) is 42.7 Å². The first kappa shape index (κ1) is 14.3. The van der Waals surface area contributed by atoms with E-state index in [1.807, 2.05) is 29.1 Å². The summed E-state index contributed by atoms with van der Waals surface area (Å²) >= 11 is 0. The normalized spacial score (nSPS) is 18.3. The molecule has 1 atom stereocenters. The average molecular weight is 284 g/mol. The minimum atomic E-state index is 0.332. The van der Waals surface area contributed by atoms with Crippen LogP contribution in [0, 0.1) is 5.92 Å². The van der Waals surface area contributed by atoms with Gasteiger partial charge in [0.15, 0.2) is 0 Å². The molecule has 2 aromatic rings. The largest absolute Gasteiger partial charge is 0.311 e. The molecule has 1 aliphatic rings. The third kappa shape index (κ3) is 3.16. The molecule has 21 heavy (non-hydrogen) atoms. The Hall–Kier alpha value is -1.68. The van der Waals surface area contributed by atoms with Gasteiger partial charge in [-0.2, -0.15) is 0 Å². The molecule has 0 spiro atoms. The van der Waals surface area contributed by atoms with E-state index in [1.165, 1.54) is 44.2 Å². The van der Waals surface area contributed by atoms with Crippen LogP contribution in [0.3, 0.4) is 0 Å². The zero-order valence-corrected chi connectivity index (χ0v) is 12.7. The number of aromatic nitrogens is 3. The number of benzene rings is 1. The molecule has 0 saturated heterocycles. The summed E-state index contributed by atoms with van der Waals surface area (Å²) in [4.78, 5) is 0. The van der Waals surface area contributed by atoms with Crippen molar-refractivity contribution in [3.63, 3.8) is 0 Å². The van der Waals surface area contributed by atoms with Gasteiger partial charge >= 0.3 is 0 Å². The van der Waals surface area contributed by atoms with Crippen LogP contribution in [0.1, 0.15) is 50.3 Å². The minimum absolute atomic E-state index is 0.332. The minimum Gasteiger partial charge on any atom is -0.311 e. The number of para-hydroxylation sites is 1. The molecule has 1 saturated carbocycles. The van der Waals surface area contributed by atoms with E-state index in [4.69, 9.17) is 0 Å². The van der Waals surface area contributed by atoms with Crippen molar-refractivity contribution in [1.82, 2.24) is 20.3 Å². The molecule has 4 heteroatoms. The van der Waals surface area contributed by atoms with Crippen LogP contribution >= 0.6 is 0 Å². The Balaban J connectivity index is 1.89. The van der Waals surface area contributed by atoms with Gasteiger partial charge in [-0.1, -0.05) is 49.1 Å². The van der Waals surface area contributed by atoms with E-state index in [0.29, 0.717) is 12.0 Å². The van der Waals surface area contributed by atoms with E-state index in [0.717, 1.165) is 5.69 Å². The predicted octanol–water partition coefficient (Wildman–Crippen LogP) is 3.50. The molecule has 0 aliphatic heterocycles. The van der Waals surface area contributed by atoms with Crippen LogP contribution < -0.4 is 5.32 Å². The molecule has 1 heterocycles. The number of hydrogen-bond acceptors (Lipinski definition) is 3. The summed E-state index contributed by atoms with van der Waals surface area (Å²) < 4.78 is 1.98. The standard InChI is InChI=1S/C17H24N4/c1-18-17(14-9-5-2-3-6-10-14)16-13-19-20-21(16)15-11-7-4-8-12-15/h4,7-8,11-14,17-18H,2-3,5-6,9-10H2,1H3. The highest BCUT2D eigenvalue weighted by Gasteiger charge is 2.26. The van der Waals surface area contributed by atoms with Gasteiger partial charge in [-0.3, -0.25) is 0 Å². The van der Waals surface area contributed by atoms with Gasteiger partial charge < -0.3 is 5.32 Å². The number of rotatable bonds is 4. The first-order chi connectivity index (χ1) is 10.4. The quantitative estimate of drug-likeness (QED) is 0.874. The van der Waals surface area contributed by atoms with Crippen molar-refractivity contribution in [3.05, 3.63) is 42.2 Å². The second-order valence-electron chi connectivity index (χ2n) is 5.92. The maximum absolute atomic E-state index is 4.30. The molecule has 1 aromatic carbocycles. The van der Waals surface area contributed by atoms with Crippen LogP contribution in [0.2, 0.25) is 0 Å². The second kappa shape index (κ2) is 6.85. The first-order valence-corrected chi connectivity index (χ1v) is 8.03. The average Bonchev–Trinajstić information content (AvgIpc) is 2.85. The van der Waals surface area contributed by atoms with Gasteiger partial charge in [0.2, 0.25) is 0 Å². The van der Waals surface area contributed by atoms with Crippen molar-refractivity contribution in [2.24, 2.45) is 5.92 Å². The molecule has 1 unspecified atom stereocenters. The van der Waals surface area contributed by atoms with Crippen LogP contribution in [0.25, 0.3) is 5.69 Å². The van der Waals surface area contributed by atoms with Gasteiger partial charge in [0.25, 0.3) is 0 Å². The van der Waals surface area contributed by atoms with Gasteiger partial charge in [0, 0.05) is 0 Å². The van der Waals surface area contributed by atoms with Crippen molar-refractivity contribution in [3.8, 4) is 5.69 Å². The molecule has 0 bridgehead atoms. The van der Waals surface area contributed by atoms with E-state index >= 15 is 0 Å². The van der Waals surface area contributed by atoms with E-state index in [9.17, 15) is 0 Å². The fraction of sp³-hybridized carbons (Fsp3) is 0.529. The molecule has 0 radical (unpaired) electrons. The third-order valence-corrected chi connectivity index (χ3v) is 4.58. The van der Waals surface area contributed by atoms with Crippen LogP contribution in [-0.2, 0) is 0 Å². The predicted molar refractivity (Wildman–Crippen MR) is 84.4 cm³/mol. The summed E-state index contributed by atoms with van der Waals surface area (Å²) in [6.07, 6.45) is 9.95. The van der Waals surface area contributed by atoms with Crippen LogP contribution in [0.15, 0.2) is 36.5 Å². The molecule has 4 nitrogen and oxygen atoms in total. The summed E-state index contributed by atoms with van der Waals surface area (Å²) in [5.74, 6) is 0.679. The summed E-state index contributed by atoms with van der Waals surface area (Å²) in [5, 5.41) is 12.0. The smallest absolute Gasteiger partial charge is 0.0817 e. The number of nitrogens with one attached hydrogen (secondary N) is 1. The van der Waals surface area contributed by atoms with Gasteiger partial charge in [-0.25, -0.2) is 4.68 Å². The fourth-order valence-electron chi connectivity index (χ4n) is 3.49. The summed E-state index contributed by atoms with van der Waals surface area (Å²) in [7, 11) is 2.05. The van der Waals surface area contributed by atoms with E-state index in [2.05, 4.69) is 34.8 Å². The van der Waals surface area contributed by atoms with Crippen molar-refractivity contribution < 1.29 is 0 Å². The molecule has 1 aromatic heterocycles. The first-order valence-electron chi connectivity index (χ1n) is 8.03. The van der Waals surface area contributed by atoms with Gasteiger partial charge in [0.05, 0.1) is 23.6 Å². The lowest BCUT2D eigenvalue weighted by atomic mass is 9.90. The molecule has 0 amide bonds. The van der Waals surface area contributed by atoms with Gasteiger partial charge in [0.1, 0.15) is 0 Å². The van der Waals surface area contributed by atoms with Crippen molar-refractivity contribution in [2.75, 3.05) is 7.05 Å². The summed E-state index contributed by atoms with van der Waals surface area (Å²) in [6, 6.07) is 10.6. The Labute approximate surface area is 126 Å². The van der Waals surface area contributed by atoms with Crippen molar-refractivity contribution in [2.45, 2.75) is 44.6 Å². The Morgan fingerprint density at radius 2 is 1.81 bits per heavy atom. The van der Waals surface area contributed by atoms with E-state index in [1.54, 1.807) is 0 Å². The van der Waals surface area contributed by atoms with Crippen LogP contribution in [0.4, 0.5) is 0 Å². The number of nitrogens with zero attached hydrogens (tertiary/aromatic N) is 3. The van der Waals surface area contributed by atoms with Crippen LogP contribution in [-0.4, -0.2) is 22.0 Å². The lowest BCUT2D eigenvalue weighted by Gasteiger charge is -2.26. The Bertz CT molecular complexity index is 541. The van der Waals surface area contributed by atoms with Crippen molar-refractivity contribution in [1.29, 1.82) is 0 Å². The lowest BCUT2D eigenvalue weighted by Crippen LogP contribution is -2.27. The maximum atomic E-state index is 4.30. The number of hydrogen-bond donors (Lipinski definition) is 1. The summed E-state index contributed by atoms with van der Waals surface area (Å²) in [6.45, 7) is 0. The SMILES string of the molecule is CNC(c1cnnn1-c1ccccc1)C1CCCCCC1. The van der Waals surface area contributed by atoms with E-state index < -0.39 is 0 Å². The Morgan fingerprint density at radius 1 is 1.10 bits per heavy atom. The highest BCUT2D eigenvalue weighted by atomic mass is 15.4. The van der Waals surface area contributed by atoms with Crippen LogP contribution in [0.5, 0.6) is 0 Å². The Kier molecular flexibility index (Phi) is 4.65. The molecule has 1 N–H and O–H groups in total. The molecular weight excluding hydrogens is 260 g/mol. The highest BCUT2D eigenvalue weighted by molar-refractivity contribution is 5.32. The molecule has 3 rings (SSSR count). The third-order valence-electron chi connectivity index (χ3n) is 4.58. The highest BCUT2D eigenvalue weighted by Crippen LogP contribution is 2.33. The fourth-order valence-corrected chi connectivity index (χ4v) is 3.49. The molecule has 112 valence electrons. The zero-order chi connectivity index (χ0) is 14.5. The van der Waals surface area contributed by atoms with Gasteiger partial charge in [-0.15, -0.1) is 5.10 Å². The lowest BCUT2D eigenvalue weighted by molar-refractivity contribution is 0.331. The monoisotopic (exact) mass is 284 g/mol. The molecule has 1 aliphatic carbocycles.